The van der Waals surface area contributed by atoms with Crippen LogP contribution in [0.5, 0.6) is 5.75 Å². The number of H-pyrrole nitrogens is 1. The number of carbonyl (C=O) groups excluding carboxylic acids is 11. The van der Waals surface area contributed by atoms with Crippen LogP contribution in [-0.4, -0.2) is 144 Å². The van der Waals surface area contributed by atoms with Crippen LogP contribution in [-0.2, 0) is 61.5 Å². The molecule has 11 rings (SSSR count). The van der Waals surface area contributed by atoms with Crippen LogP contribution in [0.3, 0.4) is 0 Å². The fourth-order valence-electron chi connectivity index (χ4n) is 11.8. The summed E-state index contributed by atoms with van der Waals surface area (Å²) in [6, 6.07) is 20.2. The third kappa shape index (κ3) is 14.9. The van der Waals surface area contributed by atoms with Crippen LogP contribution in [0.4, 0.5) is 45.8 Å². The number of aryl methyl sites for hydroxylation is 6. The maximum atomic E-state index is 14.3. The summed E-state index contributed by atoms with van der Waals surface area (Å²) in [6.45, 7) is 2.56. The summed E-state index contributed by atoms with van der Waals surface area (Å²) < 4.78 is 8.72. The highest BCUT2D eigenvalue weighted by Gasteiger charge is 2.36. The van der Waals surface area contributed by atoms with E-state index in [-0.39, 0.29) is 130 Å². The van der Waals surface area contributed by atoms with E-state index in [1.165, 1.54) is 104 Å². The molecule has 0 radical (unpaired) electrons. The van der Waals surface area contributed by atoms with E-state index in [9.17, 15) is 57.8 Å². The molecule has 10 aromatic rings. The van der Waals surface area contributed by atoms with Gasteiger partial charge in [-0.1, -0.05) is 24.3 Å². The lowest BCUT2D eigenvalue weighted by Gasteiger charge is -2.19. The number of nitrogens with one attached hydrogen (secondary N) is 11. The minimum absolute atomic E-state index is 0.0228. The van der Waals surface area contributed by atoms with Crippen molar-refractivity contribution in [1.82, 2.24) is 58.3 Å². The minimum atomic E-state index is -1.32. The molecule has 8 heterocycles. The third-order valence-electron chi connectivity index (χ3n) is 16.5. The molecule has 516 valence electrons. The van der Waals surface area contributed by atoms with Gasteiger partial charge in [0, 0.05) is 159 Å². The Morgan fingerprint density at radius 2 is 1.04 bits per heavy atom. The normalized spacial score (nSPS) is 12.7. The molecule has 7 aromatic heterocycles. The quantitative estimate of drug-likeness (QED) is 0.0336. The van der Waals surface area contributed by atoms with Crippen molar-refractivity contribution >= 4 is 144 Å². The van der Waals surface area contributed by atoms with Gasteiger partial charge in [-0.15, -0.1) is 11.6 Å². The highest BCUT2D eigenvalue weighted by atomic mass is 35.5. The van der Waals surface area contributed by atoms with Crippen molar-refractivity contribution in [3.63, 3.8) is 0 Å². The number of phenolic OH excluding ortho intramolecular Hbond substituents is 1. The van der Waals surface area contributed by atoms with E-state index in [4.69, 9.17) is 11.6 Å². The smallest absolute Gasteiger partial charge is 0.292 e. The first-order chi connectivity index (χ1) is 47.7. The first-order valence-corrected chi connectivity index (χ1v) is 31.7. The first-order valence-electron chi connectivity index (χ1n) is 31.1. The summed E-state index contributed by atoms with van der Waals surface area (Å²) in [5, 5.41) is 39.9. The van der Waals surface area contributed by atoms with Crippen LogP contribution >= 0.6 is 11.6 Å². The SMILES string of the molecule is CC(=O)Nc1cc(C(=O)Nc2cc(C(=O)NCCC(=O)N[C@H](CCNC(=O)c3cc(NC(=O)c4nc(NC(=O)c5nc(NC(C)=O)cn5C)cn4C)cn3C)C(=O)Nc3cc(C(=O)Nc4ccc5[nH]c(C(=O)N6CC(CCl)c7c6cc(O)c6ccccc76)cc5c4)n(C)c3)n(C)c2)n(C)c1. The van der Waals surface area contributed by atoms with E-state index in [1.54, 1.807) is 76.7 Å². The Labute approximate surface area is 573 Å². The average molecular weight is 1380 g/mol. The zero-order chi connectivity index (χ0) is 71.5. The van der Waals surface area contributed by atoms with E-state index < -0.39 is 53.3 Å². The highest BCUT2D eigenvalue weighted by Crippen LogP contribution is 2.46. The number of amides is 11. The Hall–Kier alpha value is -12.7. The van der Waals surface area contributed by atoms with Crippen molar-refractivity contribution in [3.8, 4) is 5.75 Å². The minimum Gasteiger partial charge on any atom is -0.507 e. The van der Waals surface area contributed by atoms with Gasteiger partial charge >= 0.3 is 0 Å². The number of rotatable bonds is 23. The Morgan fingerprint density at radius 1 is 0.540 bits per heavy atom. The maximum absolute atomic E-state index is 14.3. The number of nitrogens with zero attached hydrogens (tertiary/aromatic N) is 9. The Bertz CT molecular complexity index is 5000. The second-order valence-corrected chi connectivity index (χ2v) is 24.3. The van der Waals surface area contributed by atoms with Crippen molar-refractivity contribution in [1.29, 1.82) is 0 Å². The standard InChI is InChI=1S/C67H69ClN20O12/c1-34(89)71-39-21-51(84(5)28-39)64(97)75-41-22-49(82(3)30-41)62(95)70-18-16-56(92)78-46(15-17-69-61(94)50-23-42(31-83(50)4)76-65(98)58-80-55(33-87(58)8)81-66(99)59-79-54(32-86(59)7)72-35(2)90)60(93)74-40-24-52(85(6)29-40)63(96)73-38-13-14-45-36(19-38)20-47(77-45)67(100)88-27-37(26-68)57-44-12-10-9-11-43(44)53(91)25-48(57)88/h9-14,19-25,28-33,37,46,77,91H,15-18,26-27H2,1-8H3,(H,69,94)(H,70,95)(H,71,89)(H,72,90)(H,73,96)(H,74,93)(H,75,97)(H,76,98)(H,78,92)(H,81,99)/t37?,46-/m1/s1. The fourth-order valence-corrected chi connectivity index (χ4v) is 12.1. The van der Waals surface area contributed by atoms with Gasteiger partial charge in [0.2, 0.25) is 35.3 Å². The lowest BCUT2D eigenvalue weighted by atomic mass is 9.95. The number of aromatic nitrogens is 9. The fraction of sp³-hybridized carbons (Fsp3) is 0.239. The van der Waals surface area contributed by atoms with Crippen molar-refractivity contribution in [2.24, 2.45) is 42.3 Å². The van der Waals surface area contributed by atoms with Gasteiger partial charge in [0.1, 0.15) is 40.3 Å². The monoisotopic (exact) mass is 1380 g/mol. The molecule has 100 heavy (non-hydrogen) atoms. The van der Waals surface area contributed by atoms with Crippen molar-refractivity contribution in [2.75, 3.05) is 67.6 Å². The average Bonchev–Trinajstić information content (AvgIpc) is 1.43. The molecule has 0 aliphatic carbocycles. The predicted molar refractivity (Wildman–Crippen MR) is 372 cm³/mol. The number of fused-ring (bicyclic) bond motifs is 4. The highest BCUT2D eigenvalue weighted by molar-refractivity contribution is 6.19. The zero-order valence-electron chi connectivity index (χ0n) is 55.2. The van der Waals surface area contributed by atoms with Gasteiger partial charge in [0.25, 0.3) is 41.4 Å². The molecule has 2 atom stereocenters. The summed E-state index contributed by atoms with van der Waals surface area (Å²) >= 11 is 6.45. The third-order valence-corrected chi connectivity index (χ3v) is 16.8. The molecule has 0 saturated heterocycles. The van der Waals surface area contributed by atoms with Gasteiger partial charge in [-0.2, -0.15) is 0 Å². The summed E-state index contributed by atoms with van der Waals surface area (Å²) in [5.74, 6) is -5.90. The van der Waals surface area contributed by atoms with E-state index >= 15 is 0 Å². The number of imidazole rings is 2. The van der Waals surface area contributed by atoms with Crippen LogP contribution in [0.15, 0.2) is 116 Å². The predicted octanol–water partition coefficient (Wildman–Crippen LogP) is 5.82. The number of anilines is 8. The number of halogens is 1. The van der Waals surface area contributed by atoms with Gasteiger partial charge in [0.05, 0.1) is 28.4 Å². The van der Waals surface area contributed by atoms with E-state index in [0.717, 1.165) is 10.9 Å². The Balaban J connectivity index is 0.734. The number of hydrogen-bond acceptors (Lipinski definition) is 14. The van der Waals surface area contributed by atoms with Crippen LogP contribution in [0.1, 0.15) is 112 Å². The summed E-state index contributed by atoms with van der Waals surface area (Å²) in [7, 11) is 9.47. The largest absolute Gasteiger partial charge is 0.507 e. The number of alkyl halides is 1. The molecule has 32 nitrogen and oxygen atoms in total. The number of hydrogen-bond donors (Lipinski definition) is 12. The maximum Gasteiger partial charge on any atom is 0.292 e. The number of phenols is 1. The molecule has 33 heteroatoms. The molecule has 0 fully saturated rings. The summed E-state index contributed by atoms with van der Waals surface area (Å²) in [4.78, 5) is 159. The molecule has 1 unspecified atom stereocenters. The molecule has 1 aliphatic heterocycles. The first kappa shape index (κ1) is 68.6. The van der Waals surface area contributed by atoms with E-state index in [0.29, 0.717) is 39.9 Å². The van der Waals surface area contributed by atoms with Crippen LogP contribution in [0.25, 0.3) is 21.7 Å². The van der Waals surface area contributed by atoms with Gasteiger partial charge in [0.15, 0.2) is 11.6 Å². The molecule has 1 aliphatic rings. The molecule has 12 N–H and O–H groups in total. The molecule has 0 bridgehead atoms. The number of aromatic hydroxyl groups is 1. The zero-order valence-corrected chi connectivity index (χ0v) is 56.0. The second-order valence-electron chi connectivity index (χ2n) is 24.0. The lowest BCUT2D eigenvalue weighted by Crippen LogP contribution is -2.46. The number of aromatic amines is 1. The Kier molecular flexibility index (Phi) is 19.6. The van der Waals surface area contributed by atoms with Crippen molar-refractivity contribution in [2.45, 2.75) is 38.6 Å². The van der Waals surface area contributed by atoms with Crippen molar-refractivity contribution < 1.29 is 57.8 Å². The molecular weight excluding hydrogens is 1310 g/mol. The second kappa shape index (κ2) is 28.5. The van der Waals surface area contributed by atoms with Crippen LogP contribution < -0.4 is 58.1 Å². The number of carbonyl (C=O) groups is 11. The van der Waals surface area contributed by atoms with Gasteiger partial charge in [-0.05, 0) is 65.9 Å². The lowest BCUT2D eigenvalue weighted by molar-refractivity contribution is -0.126. The van der Waals surface area contributed by atoms with Gasteiger partial charge in [-0.3, -0.25) is 52.7 Å². The number of benzene rings is 3. The topological polar surface area (TPSA) is 403 Å². The molecular formula is C67H69ClN20O12. The molecule has 11 amide bonds. The van der Waals surface area contributed by atoms with Gasteiger partial charge < -0.3 is 95.6 Å². The molecule has 3 aromatic carbocycles. The van der Waals surface area contributed by atoms with Crippen molar-refractivity contribution in [3.05, 3.63) is 162 Å². The van der Waals surface area contributed by atoms with E-state index in [1.807, 2.05) is 24.3 Å². The molecule has 0 saturated carbocycles. The Morgan fingerprint density at radius 3 is 1.61 bits per heavy atom. The van der Waals surface area contributed by atoms with E-state index in [2.05, 4.69) is 68.1 Å². The van der Waals surface area contributed by atoms with Crippen LogP contribution in [0, 0.1) is 0 Å². The molecule has 0 spiro atoms. The summed E-state index contributed by atoms with van der Waals surface area (Å²) in [5.41, 5.74) is 4.37. The summed E-state index contributed by atoms with van der Waals surface area (Å²) in [6.07, 6.45) is 8.43. The van der Waals surface area contributed by atoms with Gasteiger partial charge in [-0.25, -0.2) is 9.97 Å². The van der Waals surface area contributed by atoms with Crippen LogP contribution in [0.2, 0.25) is 0 Å².